The van der Waals surface area contributed by atoms with Crippen LogP contribution in [0.15, 0.2) is 18.2 Å². The zero-order valence-corrected chi connectivity index (χ0v) is 10.3. The van der Waals surface area contributed by atoms with Gasteiger partial charge in [0.2, 0.25) is 0 Å². The van der Waals surface area contributed by atoms with Crippen LogP contribution in [-0.2, 0) is 0 Å². The summed E-state index contributed by atoms with van der Waals surface area (Å²) in [6, 6.07) is 5.10. The third kappa shape index (κ3) is 3.08. The van der Waals surface area contributed by atoms with Crippen LogP contribution >= 0.6 is 23.2 Å². The Hall–Kier alpha value is -0.280. The van der Waals surface area contributed by atoms with Gasteiger partial charge in [-0.2, -0.15) is 0 Å². The van der Waals surface area contributed by atoms with E-state index in [1.807, 2.05) is 13.0 Å². The molecule has 0 bridgehead atoms. The van der Waals surface area contributed by atoms with Crippen molar-refractivity contribution in [1.82, 2.24) is 0 Å². The molecule has 0 fully saturated rings. The minimum atomic E-state index is -0.547. The van der Waals surface area contributed by atoms with E-state index in [-0.39, 0.29) is 12.0 Å². The minimum Gasteiger partial charge on any atom is -0.392 e. The molecule has 4 heteroatoms. The largest absolute Gasteiger partial charge is 0.392 e. The van der Waals surface area contributed by atoms with Crippen LogP contribution in [0.25, 0.3) is 0 Å². The fourth-order valence-corrected chi connectivity index (χ4v) is 1.74. The molecular formula is C11H15Cl2NO. The lowest BCUT2D eigenvalue weighted by atomic mass is 9.91. The van der Waals surface area contributed by atoms with Gasteiger partial charge in [0.25, 0.3) is 0 Å². The van der Waals surface area contributed by atoms with Gasteiger partial charge in [-0.05, 0) is 30.5 Å². The van der Waals surface area contributed by atoms with Crippen LogP contribution in [0.2, 0.25) is 10.0 Å². The first-order valence-corrected chi connectivity index (χ1v) is 5.57. The Kier molecular flexibility index (Phi) is 4.41. The lowest BCUT2D eigenvalue weighted by Crippen LogP contribution is -2.37. The SMILES string of the molecule is C[C@H](O)C(N)[C@@H](C)c1ccc(Cl)c(Cl)c1. The molecule has 0 saturated carbocycles. The fourth-order valence-electron chi connectivity index (χ4n) is 1.44. The molecule has 0 spiro atoms. The first-order valence-electron chi connectivity index (χ1n) is 4.82. The molecule has 1 aromatic carbocycles. The number of aliphatic hydroxyl groups is 1. The number of aliphatic hydroxyl groups excluding tert-OH is 1. The second-order valence-corrected chi connectivity index (χ2v) is 4.59. The molecule has 1 aromatic rings. The van der Waals surface area contributed by atoms with E-state index in [0.717, 1.165) is 5.56 Å². The van der Waals surface area contributed by atoms with Crippen molar-refractivity contribution in [2.24, 2.45) is 5.73 Å². The van der Waals surface area contributed by atoms with Crippen molar-refractivity contribution in [1.29, 1.82) is 0 Å². The summed E-state index contributed by atoms with van der Waals surface area (Å²) in [4.78, 5) is 0. The van der Waals surface area contributed by atoms with Crippen molar-refractivity contribution < 1.29 is 5.11 Å². The maximum absolute atomic E-state index is 9.39. The van der Waals surface area contributed by atoms with Crippen LogP contribution in [0.3, 0.4) is 0 Å². The van der Waals surface area contributed by atoms with Crippen LogP contribution in [0.1, 0.15) is 25.3 Å². The molecule has 3 atom stereocenters. The van der Waals surface area contributed by atoms with Crippen LogP contribution < -0.4 is 5.73 Å². The van der Waals surface area contributed by atoms with Gasteiger partial charge in [-0.25, -0.2) is 0 Å². The van der Waals surface area contributed by atoms with Gasteiger partial charge in [0.1, 0.15) is 0 Å². The molecule has 0 aliphatic heterocycles. The second-order valence-electron chi connectivity index (χ2n) is 3.78. The molecule has 84 valence electrons. The molecular weight excluding hydrogens is 233 g/mol. The van der Waals surface area contributed by atoms with E-state index < -0.39 is 6.10 Å². The molecule has 15 heavy (non-hydrogen) atoms. The van der Waals surface area contributed by atoms with E-state index >= 15 is 0 Å². The smallest absolute Gasteiger partial charge is 0.0668 e. The highest BCUT2D eigenvalue weighted by Crippen LogP contribution is 2.28. The summed E-state index contributed by atoms with van der Waals surface area (Å²) in [5.74, 6) is 0.0415. The Labute approximate surface area is 100.0 Å². The highest BCUT2D eigenvalue weighted by atomic mass is 35.5. The van der Waals surface area contributed by atoms with Crippen LogP contribution in [0.5, 0.6) is 0 Å². The average molecular weight is 248 g/mol. The Balaban J connectivity index is 2.91. The third-order valence-corrected chi connectivity index (χ3v) is 3.34. The number of hydrogen-bond acceptors (Lipinski definition) is 2. The predicted molar refractivity (Wildman–Crippen MR) is 64.5 cm³/mol. The Morgan fingerprint density at radius 1 is 1.20 bits per heavy atom. The standard InChI is InChI=1S/C11H15Cl2NO/c1-6(11(14)7(2)15)8-3-4-9(12)10(13)5-8/h3-7,11,15H,14H2,1-2H3/t6-,7-,11?/m0/s1. The summed E-state index contributed by atoms with van der Waals surface area (Å²) in [7, 11) is 0. The molecule has 0 aromatic heterocycles. The van der Waals surface area contributed by atoms with Gasteiger partial charge in [-0.1, -0.05) is 36.2 Å². The van der Waals surface area contributed by atoms with E-state index in [9.17, 15) is 5.11 Å². The summed E-state index contributed by atoms with van der Waals surface area (Å²) >= 11 is 11.7. The van der Waals surface area contributed by atoms with E-state index in [2.05, 4.69) is 0 Å². The highest BCUT2D eigenvalue weighted by Gasteiger charge is 2.19. The Morgan fingerprint density at radius 2 is 1.80 bits per heavy atom. The lowest BCUT2D eigenvalue weighted by Gasteiger charge is -2.23. The third-order valence-electron chi connectivity index (χ3n) is 2.60. The monoisotopic (exact) mass is 247 g/mol. The molecule has 0 radical (unpaired) electrons. The Bertz CT molecular complexity index is 341. The first kappa shape index (κ1) is 12.8. The maximum atomic E-state index is 9.39. The van der Waals surface area contributed by atoms with Gasteiger partial charge >= 0.3 is 0 Å². The number of nitrogens with two attached hydrogens (primary N) is 1. The van der Waals surface area contributed by atoms with Crippen molar-refractivity contribution in [2.75, 3.05) is 0 Å². The zero-order chi connectivity index (χ0) is 11.6. The maximum Gasteiger partial charge on any atom is 0.0668 e. The molecule has 0 heterocycles. The van der Waals surface area contributed by atoms with Crippen molar-refractivity contribution in [2.45, 2.75) is 31.9 Å². The van der Waals surface area contributed by atoms with Gasteiger partial charge in [0.15, 0.2) is 0 Å². The van der Waals surface area contributed by atoms with E-state index in [1.54, 1.807) is 19.1 Å². The van der Waals surface area contributed by atoms with Crippen LogP contribution in [0.4, 0.5) is 0 Å². The number of hydrogen-bond donors (Lipinski definition) is 2. The summed E-state index contributed by atoms with van der Waals surface area (Å²) in [5.41, 5.74) is 6.84. The summed E-state index contributed by atoms with van der Waals surface area (Å²) in [6.45, 7) is 3.63. The second kappa shape index (κ2) is 5.17. The molecule has 1 unspecified atom stereocenters. The van der Waals surface area contributed by atoms with E-state index in [0.29, 0.717) is 10.0 Å². The lowest BCUT2D eigenvalue weighted by molar-refractivity contribution is 0.153. The summed E-state index contributed by atoms with van der Waals surface area (Å²) in [6.07, 6.45) is -0.547. The van der Waals surface area contributed by atoms with Crippen molar-refractivity contribution in [3.8, 4) is 0 Å². The number of benzene rings is 1. The van der Waals surface area contributed by atoms with Crippen molar-refractivity contribution in [3.05, 3.63) is 33.8 Å². The topological polar surface area (TPSA) is 46.2 Å². The molecule has 0 aliphatic carbocycles. The van der Waals surface area contributed by atoms with Crippen LogP contribution in [0, 0.1) is 0 Å². The van der Waals surface area contributed by atoms with E-state index in [1.165, 1.54) is 0 Å². The Morgan fingerprint density at radius 3 is 2.27 bits per heavy atom. The van der Waals surface area contributed by atoms with Crippen molar-refractivity contribution >= 4 is 23.2 Å². The molecule has 0 amide bonds. The molecule has 0 saturated heterocycles. The molecule has 0 aliphatic rings. The zero-order valence-electron chi connectivity index (χ0n) is 8.74. The average Bonchev–Trinajstić information content (AvgIpc) is 2.19. The molecule has 3 N–H and O–H groups in total. The van der Waals surface area contributed by atoms with Crippen molar-refractivity contribution in [3.63, 3.8) is 0 Å². The minimum absolute atomic E-state index is 0.0415. The van der Waals surface area contributed by atoms with Gasteiger partial charge in [-0.15, -0.1) is 0 Å². The summed E-state index contributed by atoms with van der Waals surface area (Å²) in [5, 5.41) is 10.4. The highest BCUT2D eigenvalue weighted by molar-refractivity contribution is 6.42. The first-order chi connectivity index (χ1) is 6.93. The summed E-state index contributed by atoms with van der Waals surface area (Å²) < 4.78 is 0. The molecule has 2 nitrogen and oxygen atoms in total. The molecule has 1 rings (SSSR count). The quantitative estimate of drug-likeness (QED) is 0.863. The predicted octanol–water partition coefficient (Wildman–Crippen LogP) is 2.81. The van der Waals surface area contributed by atoms with Gasteiger partial charge < -0.3 is 10.8 Å². The number of rotatable bonds is 3. The van der Waals surface area contributed by atoms with E-state index in [4.69, 9.17) is 28.9 Å². The van der Waals surface area contributed by atoms with Gasteiger partial charge in [-0.3, -0.25) is 0 Å². The normalized spacial score (nSPS) is 17.2. The number of halogens is 2. The fraction of sp³-hybridized carbons (Fsp3) is 0.455. The van der Waals surface area contributed by atoms with Crippen LogP contribution in [-0.4, -0.2) is 17.3 Å². The van der Waals surface area contributed by atoms with Gasteiger partial charge in [0, 0.05) is 6.04 Å². The van der Waals surface area contributed by atoms with Gasteiger partial charge in [0.05, 0.1) is 16.1 Å².